The van der Waals surface area contributed by atoms with Crippen molar-refractivity contribution in [2.24, 2.45) is 11.8 Å². The number of aliphatic carboxylic acids is 1. The maximum absolute atomic E-state index is 12.9. The van der Waals surface area contributed by atoms with Gasteiger partial charge in [-0.15, -0.1) is 0 Å². The third-order valence-electron chi connectivity index (χ3n) is 4.61. The molecule has 2 rings (SSSR count). The summed E-state index contributed by atoms with van der Waals surface area (Å²) in [4.78, 5) is 50.0. The van der Waals surface area contributed by atoms with Gasteiger partial charge in [0.15, 0.2) is 0 Å². The Kier molecular flexibility index (Phi) is 9.99. The number of rotatable bonds is 10. The molecule has 170 valence electrons. The maximum Gasteiger partial charge on any atom is 0.326 e. The fourth-order valence-corrected chi connectivity index (χ4v) is 5.18. The summed E-state index contributed by atoms with van der Waals surface area (Å²) in [6, 6.07) is 16.2. The minimum absolute atomic E-state index is 0.0746. The Bertz CT molecular complexity index is 880. The number of nitrogens with one attached hydrogen (secondary N) is 1. The molecule has 0 aliphatic rings. The number of carboxylic acid groups (broad SMARTS) is 1. The number of carbonyl (C=O) groups excluding carboxylic acids is 3. The van der Waals surface area contributed by atoms with Crippen molar-refractivity contribution < 1.29 is 24.3 Å². The van der Waals surface area contributed by atoms with Crippen LogP contribution in [0.3, 0.4) is 0 Å². The fourth-order valence-electron chi connectivity index (χ4n) is 2.84. The summed E-state index contributed by atoms with van der Waals surface area (Å²) in [6.45, 7) is 5.35. The zero-order valence-electron chi connectivity index (χ0n) is 18.2. The average Bonchev–Trinajstić information content (AvgIpc) is 2.78. The summed E-state index contributed by atoms with van der Waals surface area (Å²) in [5.41, 5.74) is 0.928. The summed E-state index contributed by atoms with van der Waals surface area (Å²) in [5.74, 6) is -2.34. The third-order valence-corrected chi connectivity index (χ3v) is 7.37. The van der Waals surface area contributed by atoms with Crippen LogP contribution in [0, 0.1) is 11.8 Å². The molecule has 2 aromatic rings. The van der Waals surface area contributed by atoms with Gasteiger partial charge in [0, 0.05) is 11.1 Å². The number of benzene rings is 2. The van der Waals surface area contributed by atoms with E-state index < -0.39 is 28.4 Å². The minimum Gasteiger partial charge on any atom is -0.480 e. The highest BCUT2D eigenvalue weighted by Gasteiger charge is 2.33. The number of carboxylic acids is 1. The van der Waals surface area contributed by atoms with Crippen molar-refractivity contribution in [1.29, 1.82) is 0 Å². The monoisotopic (exact) mass is 473 g/mol. The maximum atomic E-state index is 12.9. The van der Waals surface area contributed by atoms with Crippen molar-refractivity contribution in [2.45, 2.75) is 37.8 Å². The molecule has 2 aromatic carbocycles. The summed E-state index contributed by atoms with van der Waals surface area (Å²) in [7, 11) is 0. The molecular formula is C24H27NO5S2. The van der Waals surface area contributed by atoms with E-state index in [0.29, 0.717) is 11.1 Å². The van der Waals surface area contributed by atoms with E-state index in [2.05, 4.69) is 5.32 Å². The molecule has 8 heteroatoms. The van der Waals surface area contributed by atoms with Gasteiger partial charge in [-0.3, -0.25) is 14.4 Å². The van der Waals surface area contributed by atoms with E-state index in [-0.39, 0.29) is 22.6 Å². The number of hydrogen-bond donors (Lipinski definition) is 2. The van der Waals surface area contributed by atoms with Crippen LogP contribution >= 0.6 is 23.5 Å². The lowest BCUT2D eigenvalue weighted by Gasteiger charge is -2.24. The highest BCUT2D eigenvalue weighted by atomic mass is 32.2. The lowest BCUT2D eigenvalue weighted by atomic mass is 10.0. The highest BCUT2D eigenvalue weighted by molar-refractivity contribution is 8.30. The van der Waals surface area contributed by atoms with E-state index in [1.54, 1.807) is 67.6 Å². The Morgan fingerprint density at radius 1 is 0.812 bits per heavy atom. The summed E-state index contributed by atoms with van der Waals surface area (Å²) in [6.07, 6.45) is 0.282. The van der Waals surface area contributed by atoms with Crippen molar-refractivity contribution in [3.63, 3.8) is 0 Å². The molecule has 6 nitrogen and oxygen atoms in total. The molecule has 0 fully saturated rings. The summed E-state index contributed by atoms with van der Waals surface area (Å²) in [5, 5.41) is 11.5. The van der Waals surface area contributed by atoms with Gasteiger partial charge in [-0.25, -0.2) is 4.79 Å². The van der Waals surface area contributed by atoms with Crippen molar-refractivity contribution >= 4 is 45.6 Å². The van der Waals surface area contributed by atoms with Crippen molar-refractivity contribution in [3.8, 4) is 0 Å². The molecule has 32 heavy (non-hydrogen) atoms. The Labute approximate surface area is 196 Å². The topological polar surface area (TPSA) is 101 Å². The number of carbonyl (C=O) groups is 4. The van der Waals surface area contributed by atoms with Gasteiger partial charge >= 0.3 is 5.97 Å². The quantitative estimate of drug-likeness (QED) is 0.482. The van der Waals surface area contributed by atoms with Crippen LogP contribution in [0.25, 0.3) is 0 Å². The molecular weight excluding hydrogens is 446 g/mol. The predicted octanol–water partition coefficient (Wildman–Crippen LogP) is 4.71. The van der Waals surface area contributed by atoms with E-state index in [1.807, 2.05) is 13.8 Å². The van der Waals surface area contributed by atoms with Crippen molar-refractivity contribution in [2.75, 3.05) is 0 Å². The van der Waals surface area contributed by atoms with Crippen LogP contribution in [-0.2, 0) is 9.59 Å². The molecule has 2 atom stereocenters. The van der Waals surface area contributed by atoms with Crippen LogP contribution in [0.5, 0.6) is 0 Å². The third kappa shape index (κ3) is 7.84. The van der Waals surface area contributed by atoms with Crippen LogP contribution in [0.2, 0.25) is 0 Å². The molecule has 0 heterocycles. The lowest BCUT2D eigenvalue weighted by Crippen LogP contribution is -2.45. The first-order valence-electron chi connectivity index (χ1n) is 10.2. The van der Waals surface area contributed by atoms with E-state index in [1.165, 1.54) is 0 Å². The summed E-state index contributed by atoms with van der Waals surface area (Å²) >= 11 is 1.80. The highest BCUT2D eigenvalue weighted by Crippen LogP contribution is 2.35. The zero-order valence-corrected chi connectivity index (χ0v) is 19.8. The SMILES string of the molecule is CC(C)C[C@H](NC(=O)C(C)C(SC(=O)c1ccccc1)SC(=O)c1ccccc1)C(=O)O. The first-order valence-corrected chi connectivity index (χ1v) is 12.0. The largest absolute Gasteiger partial charge is 0.480 e. The fraction of sp³-hybridized carbons (Fsp3) is 0.333. The smallest absolute Gasteiger partial charge is 0.326 e. The summed E-state index contributed by atoms with van der Waals surface area (Å²) < 4.78 is -0.732. The van der Waals surface area contributed by atoms with Gasteiger partial charge in [0.1, 0.15) is 6.04 Å². The zero-order chi connectivity index (χ0) is 23.7. The standard InChI is InChI=1S/C24H27NO5S2/c1-15(2)14-19(21(27)28)25-20(26)16(3)24(31-22(29)17-10-6-4-7-11-17)32-23(30)18-12-8-5-9-13-18/h4-13,15-16,19,24H,14H2,1-3H3,(H,25,26)(H,27,28)/t16?,19-/m0/s1. The number of thioether (sulfide) groups is 2. The Morgan fingerprint density at radius 2 is 1.25 bits per heavy atom. The van der Waals surface area contributed by atoms with Crippen molar-refractivity contribution in [1.82, 2.24) is 5.32 Å². The average molecular weight is 474 g/mol. The Hall–Kier alpha value is -2.58. The predicted molar refractivity (Wildman–Crippen MR) is 129 cm³/mol. The second-order valence-corrected chi connectivity index (χ2v) is 10.3. The van der Waals surface area contributed by atoms with E-state index >= 15 is 0 Å². The van der Waals surface area contributed by atoms with E-state index in [0.717, 1.165) is 23.5 Å². The van der Waals surface area contributed by atoms with Gasteiger partial charge in [0.25, 0.3) is 0 Å². The second kappa shape index (κ2) is 12.5. The first-order chi connectivity index (χ1) is 15.2. The Morgan fingerprint density at radius 3 is 1.62 bits per heavy atom. The number of amides is 1. The Balaban J connectivity index is 2.21. The van der Waals surface area contributed by atoms with Gasteiger partial charge in [-0.2, -0.15) is 0 Å². The normalized spacial score (nSPS) is 12.9. The molecule has 1 unspecified atom stereocenters. The molecule has 0 aromatic heterocycles. The molecule has 1 amide bonds. The minimum atomic E-state index is -1.11. The molecule has 0 saturated carbocycles. The van der Waals surface area contributed by atoms with Gasteiger partial charge in [-0.1, -0.05) is 105 Å². The molecule has 0 bridgehead atoms. The molecule has 0 aliphatic heterocycles. The van der Waals surface area contributed by atoms with Crippen LogP contribution in [0.4, 0.5) is 0 Å². The van der Waals surface area contributed by atoms with E-state index in [9.17, 15) is 24.3 Å². The first kappa shape index (κ1) is 25.7. The van der Waals surface area contributed by atoms with Crippen LogP contribution < -0.4 is 5.32 Å². The molecule has 0 spiro atoms. The van der Waals surface area contributed by atoms with Gasteiger partial charge in [-0.05, 0) is 12.3 Å². The van der Waals surface area contributed by atoms with Crippen LogP contribution in [0.15, 0.2) is 60.7 Å². The van der Waals surface area contributed by atoms with Crippen molar-refractivity contribution in [3.05, 3.63) is 71.8 Å². The molecule has 0 aliphatic carbocycles. The second-order valence-electron chi connectivity index (χ2n) is 7.73. The molecule has 0 radical (unpaired) electrons. The van der Waals surface area contributed by atoms with E-state index in [4.69, 9.17) is 0 Å². The van der Waals surface area contributed by atoms with Crippen LogP contribution in [-0.4, -0.2) is 37.8 Å². The lowest BCUT2D eigenvalue weighted by molar-refractivity contribution is -0.142. The number of hydrogen-bond acceptors (Lipinski definition) is 6. The van der Waals surface area contributed by atoms with Gasteiger partial charge < -0.3 is 10.4 Å². The van der Waals surface area contributed by atoms with Gasteiger partial charge in [0.2, 0.25) is 16.1 Å². The van der Waals surface area contributed by atoms with Gasteiger partial charge in [0.05, 0.1) is 10.5 Å². The van der Waals surface area contributed by atoms with Crippen LogP contribution in [0.1, 0.15) is 47.9 Å². The molecule has 0 saturated heterocycles. The molecule has 2 N–H and O–H groups in total.